The van der Waals surface area contributed by atoms with Gasteiger partial charge in [-0.3, -0.25) is 4.79 Å². The first-order valence-electron chi connectivity index (χ1n) is 5.85. The molecule has 88 valence electrons. The summed E-state index contributed by atoms with van der Waals surface area (Å²) < 4.78 is 0. The first-order chi connectivity index (χ1) is 6.93. The highest BCUT2D eigenvalue weighted by molar-refractivity contribution is 5.68. The molecule has 0 aromatic heterocycles. The Labute approximate surface area is 92.0 Å². The van der Waals surface area contributed by atoms with Crippen LogP contribution in [0.25, 0.3) is 0 Å². The van der Waals surface area contributed by atoms with E-state index in [1.165, 1.54) is 12.8 Å². The average molecular weight is 213 g/mol. The van der Waals surface area contributed by atoms with Gasteiger partial charge in [-0.05, 0) is 30.2 Å². The second-order valence-corrected chi connectivity index (χ2v) is 5.50. The predicted octanol–water partition coefficient (Wildman–Crippen LogP) is 2.40. The van der Waals surface area contributed by atoms with Crippen LogP contribution in [0.15, 0.2) is 0 Å². The highest BCUT2D eigenvalue weighted by Gasteiger charge is 2.45. The van der Waals surface area contributed by atoms with Crippen molar-refractivity contribution in [1.29, 1.82) is 0 Å². The van der Waals surface area contributed by atoms with Gasteiger partial charge in [0.05, 0.1) is 6.42 Å². The van der Waals surface area contributed by atoms with E-state index in [1.54, 1.807) is 0 Å². The van der Waals surface area contributed by atoms with Gasteiger partial charge in [-0.15, -0.1) is 0 Å². The number of rotatable bonds is 3. The molecule has 1 atom stereocenters. The summed E-state index contributed by atoms with van der Waals surface area (Å²) in [5.41, 5.74) is 5.72. The topological polar surface area (TPSA) is 63.3 Å². The van der Waals surface area contributed by atoms with E-state index in [2.05, 4.69) is 13.8 Å². The van der Waals surface area contributed by atoms with Crippen molar-refractivity contribution in [2.75, 3.05) is 6.54 Å². The predicted molar refractivity (Wildman–Crippen MR) is 60.6 cm³/mol. The molecule has 0 aromatic rings. The maximum Gasteiger partial charge on any atom is 0.303 e. The van der Waals surface area contributed by atoms with E-state index in [4.69, 9.17) is 10.8 Å². The Balaban J connectivity index is 2.94. The van der Waals surface area contributed by atoms with Gasteiger partial charge in [0, 0.05) is 0 Å². The molecule has 3 nitrogen and oxygen atoms in total. The monoisotopic (exact) mass is 213 g/mol. The smallest absolute Gasteiger partial charge is 0.303 e. The lowest BCUT2D eigenvalue weighted by molar-refractivity contribution is -0.142. The van der Waals surface area contributed by atoms with E-state index in [-0.39, 0.29) is 17.3 Å². The van der Waals surface area contributed by atoms with Crippen LogP contribution in [0.2, 0.25) is 0 Å². The van der Waals surface area contributed by atoms with Crippen molar-refractivity contribution in [3.05, 3.63) is 0 Å². The summed E-state index contributed by atoms with van der Waals surface area (Å²) in [6.07, 6.45) is 5.81. The molecular weight excluding hydrogens is 190 g/mol. The van der Waals surface area contributed by atoms with Gasteiger partial charge < -0.3 is 10.8 Å². The Morgan fingerprint density at radius 2 is 1.87 bits per heavy atom. The number of hydrogen-bond acceptors (Lipinski definition) is 2. The third kappa shape index (κ3) is 2.51. The van der Waals surface area contributed by atoms with Crippen LogP contribution in [0, 0.1) is 10.8 Å². The van der Waals surface area contributed by atoms with Gasteiger partial charge in [0.25, 0.3) is 0 Å². The fourth-order valence-electron chi connectivity index (χ4n) is 2.88. The van der Waals surface area contributed by atoms with Crippen LogP contribution >= 0.6 is 0 Å². The number of hydrogen-bond donors (Lipinski definition) is 2. The molecule has 0 radical (unpaired) electrons. The molecule has 3 heteroatoms. The van der Waals surface area contributed by atoms with Crippen LogP contribution < -0.4 is 5.73 Å². The van der Waals surface area contributed by atoms with E-state index in [1.807, 2.05) is 0 Å². The van der Waals surface area contributed by atoms with Gasteiger partial charge in [-0.25, -0.2) is 0 Å². The quantitative estimate of drug-likeness (QED) is 0.707. The largest absolute Gasteiger partial charge is 0.481 e. The Morgan fingerprint density at radius 1 is 1.27 bits per heavy atom. The van der Waals surface area contributed by atoms with E-state index in [0.717, 1.165) is 19.3 Å². The highest BCUT2D eigenvalue weighted by Crippen LogP contribution is 2.50. The van der Waals surface area contributed by atoms with E-state index in [0.29, 0.717) is 6.54 Å². The summed E-state index contributed by atoms with van der Waals surface area (Å²) in [5, 5.41) is 9.03. The van der Waals surface area contributed by atoms with E-state index in [9.17, 15) is 4.79 Å². The molecule has 1 aliphatic rings. The van der Waals surface area contributed by atoms with Crippen LogP contribution in [0.5, 0.6) is 0 Å². The molecule has 0 amide bonds. The summed E-state index contributed by atoms with van der Waals surface area (Å²) in [6, 6.07) is 0. The zero-order valence-electron chi connectivity index (χ0n) is 9.88. The van der Waals surface area contributed by atoms with Crippen LogP contribution in [0.1, 0.15) is 52.4 Å². The maximum absolute atomic E-state index is 11.0. The molecule has 0 heterocycles. The maximum atomic E-state index is 11.0. The van der Waals surface area contributed by atoms with Crippen molar-refractivity contribution in [3.8, 4) is 0 Å². The number of aliphatic carboxylic acids is 1. The number of nitrogens with two attached hydrogens (primary N) is 1. The molecule has 0 aliphatic heterocycles. The molecule has 0 spiro atoms. The van der Waals surface area contributed by atoms with Crippen molar-refractivity contribution in [2.24, 2.45) is 16.6 Å². The normalized spacial score (nSPS) is 30.9. The summed E-state index contributed by atoms with van der Waals surface area (Å²) in [4.78, 5) is 11.0. The minimum atomic E-state index is -0.713. The third-order valence-corrected chi connectivity index (χ3v) is 4.27. The molecule has 1 aliphatic carbocycles. The minimum absolute atomic E-state index is 0.0522. The van der Waals surface area contributed by atoms with E-state index >= 15 is 0 Å². The van der Waals surface area contributed by atoms with E-state index < -0.39 is 5.97 Å². The number of carboxylic acids is 1. The van der Waals surface area contributed by atoms with Crippen molar-refractivity contribution in [3.63, 3.8) is 0 Å². The molecule has 0 saturated heterocycles. The Morgan fingerprint density at radius 3 is 2.40 bits per heavy atom. The summed E-state index contributed by atoms with van der Waals surface area (Å²) in [5.74, 6) is -0.713. The fraction of sp³-hybridized carbons (Fsp3) is 0.917. The Bertz CT molecular complexity index is 238. The molecule has 1 unspecified atom stereocenters. The average Bonchev–Trinajstić information content (AvgIpc) is 2.26. The first kappa shape index (κ1) is 12.5. The Hall–Kier alpha value is -0.570. The van der Waals surface area contributed by atoms with Gasteiger partial charge in [0.2, 0.25) is 0 Å². The molecule has 1 fully saturated rings. The molecular formula is C12H23NO2. The lowest BCUT2D eigenvalue weighted by Crippen LogP contribution is -2.44. The van der Waals surface area contributed by atoms with Crippen molar-refractivity contribution >= 4 is 5.97 Å². The molecule has 1 rings (SSSR count). The summed E-state index contributed by atoms with van der Waals surface area (Å²) in [7, 11) is 0. The lowest BCUT2D eigenvalue weighted by atomic mass is 9.61. The van der Waals surface area contributed by atoms with Gasteiger partial charge >= 0.3 is 5.97 Å². The molecule has 0 bridgehead atoms. The van der Waals surface area contributed by atoms with Crippen LogP contribution in [-0.2, 0) is 4.79 Å². The lowest BCUT2D eigenvalue weighted by Gasteiger charge is -2.44. The standard InChI is InChI=1S/C12H23NO2/c1-11(2)6-4-3-5-7-12(11,9-13)8-10(14)15/h3-9,13H2,1-2H3,(H,14,15). The zero-order valence-corrected chi connectivity index (χ0v) is 9.88. The molecule has 0 aromatic carbocycles. The van der Waals surface area contributed by atoms with Gasteiger partial charge in [-0.1, -0.05) is 33.1 Å². The van der Waals surface area contributed by atoms with Crippen LogP contribution in [0.4, 0.5) is 0 Å². The minimum Gasteiger partial charge on any atom is -0.481 e. The van der Waals surface area contributed by atoms with Crippen molar-refractivity contribution < 1.29 is 9.90 Å². The zero-order chi connectivity index (χ0) is 11.5. The molecule has 3 N–H and O–H groups in total. The third-order valence-electron chi connectivity index (χ3n) is 4.27. The first-order valence-corrected chi connectivity index (χ1v) is 5.85. The molecule has 15 heavy (non-hydrogen) atoms. The Kier molecular flexibility index (Phi) is 3.77. The summed E-state index contributed by atoms with van der Waals surface area (Å²) in [6.45, 7) is 4.84. The van der Waals surface area contributed by atoms with Gasteiger partial charge in [-0.2, -0.15) is 0 Å². The second-order valence-electron chi connectivity index (χ2n) is 5.50. The van der Waals surface area contributed by atoms with Crippen molar-refractivity contribution in [2.45, 2.75) is 52.4 Å². The van der Waals surface area contributed by atoms with Crippen LogP contribution in [0.3, 0.4) is 0 Å². The number of carboxylic acid groups (broad SMARTS) is 1. The fourth-order valence-corrected chi connectivity index (χ4v) is 2.88. The second kappa shape index (κ2) is 4.52. The van der Waals surface area contributed by atoms with Gasteiger partial charge in [0.1, 0.15) is 0 Å². The van der Waals surface area contributed by atoms with Gasteiger partial charge in [0.15, 0.2) is 0 Å². The number of carbonyl (C=O) groups is 1. The SMILES string of the molecule is CC1(C)CCCCCC1(CN)CC(=O)O. The van der Waals surface area contributed by atoms with Crippen molar-refractivity contribution in [1.82, 2.24) is 0 Å². The summed E-state index contributed by atoms with van der Waals surface area (Å²) >= 11 is 0. The highest BCUT2D eigenvalue weighted by atomic mass is 16.4. The molecule has 1 saturated carbocycles. The van der Waals surface area contributed by atoms with Crippen LogP contribution in [-0.4, -0.2) is 17.6 Å².